The Morgan fingerprint density at radius 1 is 1.07 bits per heavy atom. The standard InChI is InChI=1S/C22H25BN5O2/c1-22(2,3)12-11-18(28-30)14-19(15-25-29)26-27-21-13-17(9-10-20(21)24)23-16-7-5-4-6-8-16/h4-11,13-14H,12,15,24H2,1-3H3/b18-11+,19-14+,27-26?. The van der Waals surface area contributed by atoms with Gasteiger partial charge in [0.05, 0.1) is 11.4 Å². The average molecular weight is 402 g/mol. The van der Waals surface area contributed by atoms with Gasteiger partial charge in [0.25, 0.3) is 0 Å². The Balaban J connectivity index is 2.25. The van der Waals surface area contributed by atoms with E-state index in [4.69, 9.17) is 5.73 Å². The summed E-state index contributed by atoms with van der Waals surface area (Å²) in [7, 11) is 1.99. The molecule has 153 valence electrons. The first-order chi connectivity index (χ1) is 14.3. The zero-order valence-electron chi connectivity index (χ0n) is 17.4. The van der Waals surface area contributed by atoms with Crippen molar-refractivity contribution >= 4 is 29.6 Å². The minimum absolute atomic E-state index is 0.00147. The van der Waals surface area contributed by atoms with E-state index in [2.05, 4.69) is 20.6 Å². The Bertz CT molecular complexity index is 963. The largest absolute Gasteiger partial charge is 0.397 e. The number of nitrogens with zero attached hydrogens (tertiary/aromatic N) is 4. The normalized spacial score (nSPS) is 12.8. The summed E-state index contributed by atoms with van der Waals surface area (Å²) < 4.78 is 0. The second kappa shape index (κ2) is 10.9. The van der Waals surface area contributed by atoms with Crippen LogP contribution in [-0.2, 0) is 0 Å². The van der Waals surface area contributed by atoms with Crippen molar-refractivity contribution in [3.05, 3.63) is 81.9 Å². The summed E-state index contributed by atoms with van der Waals surface area (Å²) in [6, 6.07) is 15.3. The molecule has 30 heavy (non-hydrogen) atoms. The molecule has 0 amide bonds. The van der Waals surface area contributed by atoms with Crippen molar-refractivity contribution in [1.29, 1.82) is 0 Å². The summed E-state index contributed by atoms with van der Waals surface area (Å²) in [4.78, 5) is 21.9. The number of hydrogen-bond donors (Lipinski definition) is 1. The van der Waals surface area contributed by atoms with E-state index < -0.39 is 0 Å². The van der Waals surface area contributed by atoms with Gasteiger partial charge in [-0.05, 0) is 35.2 Å². The highest BCUT2D eigenvalue weighted by molar-refractivity contribution is 6.67. The van der Waals surface area contributed by atoms with Crippen molar-refractivity contribution in [1.82, 2.24) is 0 Å². The van der Waals surface area contributed by atoms with E-state index in [9.17, 15) is 9.81 Å². The predicted octanol–water partition coefficient (Wildman–Crippen LogP) is 4.74. The average Bonchev–Trinajstić information content (AvgIpc) is 2.71. The molecule has 0 bridgehead atoms. The summed E-state index contributed by atoms with van der Waals surface area (Å²) >= 11 is 0. The van der Waals surface area contributed by atoms with Crippen molar-refractivity contribution in [2.45, 2.75) is 27.2 Å². The lowest BCUT2D eigenvalue weighted by Gasteiger charge is -2.14. The number of benzene rings is 2. The zero-order valence-corrected chi connectivity index (χ0v) is 17.4. The topological polar surface area (TPSA) is 110 Å². The van der Waals surface area contributed by atoms with Crippen LogP contribution < -0.4 is 16.7 Å². The molecule has 0 fully saturated rings. The van der Waals surface area contributed by atoms with E-state index in [1.165, 1.54) is 6.08 Å². The summed E-state index contributed by atoms with van der Waals surface area (Å²) in [5.74, 6) is 0. The highest BCUT2D eigenvalue weighted by atomic mass is 16.3. The van der Waals surface area contributed by atoms with Crippen molar-refractivity contribution in [3.63, 3.8) is 0 Å². The number of azo groups is 1. The second-order valence-corrected chi connectivity index (χ2v) is 7.98. The Morgan fingerprint density at radius 2 is 1.80 bits per heavy atom. The van der Waals surface area contributed by atoms with Crippen LogP contribution in [0.1, 0.15) is 27.2 Å². The van der Waals surface area contributed by atoms with E-state index >= 15 is 0 Å². The Kier molecular flexibility index (Phi) is 8.35. The molecule has 0 heterocycles. The highest BCUT2D eigenvalue weighted by Gasteiger charge is 2.09. The number of anilines is 1. The molecule has 2 N–H and O–H groups in total. The third kappa shape index (κ3) is 7.91. The van der Waals surface area contributed by atoms with Gasteiger partial charge in [0, 0.05) is 0 Å². The molecule has 8 heteroatoms. The lowest BCUT2D eigenvalue weighted by atomic mass is 9.64. The van der Waals surface area contributed by atoms with E-state index in [0.29, 0.717) is 17.8 Å². The molecule has 0 unspecified atom stereocenters. The first-order valence-corrected chi connectivity index (χ1v) is 9.55. The molecule has 0 saturated carbocycles. The van der Waals surface area contributed by atoms with E-state index in [1.54, 1.807) is 18.2 Å². The quantitative estimate of drug-likeness (QED) is 0.215. The van der Waals surface area contributed by atoms with Crippen molar-refractivity contribution < 1.29 is 0 Å². The van der Waals surface area contributed by atoms with Gasteiger partial charge in [-0.25, -0.2) is 0 Å². The van der Waals surface area contributed by atoms with Crippen LogP contribution in [0.25, 0.3) is 0 Å². The number of nitrogens with two attached hydrogens (primary N) is 1. The molecule has 7 nitrogen and oxygen atoms in total. The van der Waals surface area contributed by atoms with Gasteiger partial charge in [0.15, 0.2) is 7.28 Å². The van der Waals surface area contributed by atoms with Gasteiger partial charge < -0.3 is 5.73 Å². The Hall–Kier alpha value is -3.42. The third-order valence-corrected chi connectivity index (χ3v) is 4.04. The highest BCUT2D eigenvalue weighted by Crippen LogP contribution is 2.23. The molecule has 0 atom stereocenters. The lowest BCUT2D eigenvalue weighted by Crippen LogP contribution is -2.26. The second-order valence-electron chi connectivity index (χ2n) is 7.98. The van der Waals surface area contributed by atoms with Gasteiger partial charge in [-0.2, -0.15) is 10.0 Å². The Labute approximate surface area is 177 Å². The van der Waals surface area contributed by atoms with Crippen LogP contribution >= 0.6 is 0 Å². The molecular formula is C22H25BN5O2. The van der Waals surface area contributed by atoms with E-state index in [-0.39, 0.29) is 23.4 Å². The van der Waals surface area contributed by atoms with Crippen LogP contribution in [0.2, 0.25) is 0 Å². The molecular weight excluding hydrogens is 377 g/mol. The summed E-state index contributed by atoms with van der Waals surface area (Å²) in [6.45, 7) is 5.91. The number of nitroso groups, excluding NO2 is 2. The molecule has 0 spiro atoms. The van der Waals surface area contributed by atoms with E-state index in [0.717, 1.165) is 10.9 Å². The lowest BCUT2D eigenvalue weighted by molar-refractivity contribution is 0.420. The summed E-state index contributed by atoms with van der Waals surface area (Å²) in [6.07, 6.45) is 3.77. The van der Waals surface area contributed by atoms with Gasteiger partial charge in [-0.15, -0.1) is 10.0 Å². The van der Waals surface area contributed by atoms with Crippen LogP contribution in [0.5, 0.6) is 0 Å². The fraction of sp³-hybridized carbons (Fsp3) is 0.273. The number of hydrogen-bond acceptors (Lipinski definition) is 7. The molecule has 1 radical (unpaired) electrons. The van der Waals surface area contributed by atoms with Crippen molar-refractivity contribution in [2.24, 2.45) is 26.0 Å². The molecule has 0 aliphatic heterocycles. The van der Waals surface area contributed by atoms with E-state index in [1.807, 2.05) is 64.4 Å². The summed E-state index contributed by atoms with van der Waals surface area (Å²) in [5.41, 5.74) is 9.27. The first-order valence-electron chi connectivity index (χ1n) is 9.55. The minimum Gasteiger partial charge on any atom is -0.397 e. The molecule has 2 aromatic rings. The maximum absolute atomic E-state index is 11.1. The van der Waals surface area contributed by atoms with Crippen LogP contribution in [-0.4, -0.2) is 13.8 Å². The molecule has 2 aromatic carbocycles. The molecule has 0 aliphatic carbocycles. The van der Waals surface area contributed by atoms with Crippen molar-refractivity contribution in [3.8, 4) is 0 Å². The first kappa shape index (κ1) is 22.9. The van der Waals surface area contributed by atoms with Crippen molar-refractivity contribution in [2.75, 3.05) is 12.3 Å². The minimum atomic E-state index is -0.235. The number of nitrogen functional groups attached to an aromatic ring is 1. The molecule has 0 aliphatic rings. The Morgan fingerprint density at radius 3 is 2.43 bits per heavy atom. The van der Waals surface area contributed by atoms with Gasteiger partial charge in [-0.1, -0.05) is 79.3 Å². The fourth-order valence-corrected chi connectivity index (χ4v) is 2.47. The predicted molar refractivity (Wildman–Crippen MR) is 124 cm³/mol. The zero-order chi connectivity index (χ0) is 22.0. The third-order valence-electron chi connectivity index (χ3n) is 4.04. The maximum atomic E-state index is 11.1. The van der Waals surface area contributed by atoms with Gasteiger partial charge >= 0.3 is 0 Å². The molecule has 0 aromatic heterocycles. The van der Waals surface area contributed by atoms with Gasteiger partial charge in [-0.3, -0.25) is 0 Å². The van der Waals surface area contributed by atoms with Crippen LogP contribution in [0.4, 0.5) is 11.4 Å². The number of rotatable bonds is 9. The van der Waals surface area contributed by atoms with Crippen LogP contribution in [0, 0.1) is 15.2 Å². The molecule has 0 saturated heterocycles. The fourth-order valence-electron chi connectivity index (χ4n) is 2.47. The SMILES string of the molecule is CC(C)(C)C/C=C(\C=C(/CN=O)N=Nc1cc([B]c2ccccc2)ccc1N)N=O. The van der Waals surface area contributed by atoms with Gasteiger partial charge in [0.2, 0.25) is 0 Å². The van der Waals surface area contributed by atoms with Gasteiger partial charge in [0.1, 0.15) is 17.9 Å². The molecule has 2 rings (SSSR count). The van der Waals surface area contributed by atoms with Crippen LogP contribution in [0.15, 0.2) is 92.7 Å². The van der Waals surface area contributed by atoms with Crippen LogP contribution in [0.3, 0.4) is 0 Å². The smallest absolute Gasteiger partial charge is 0.191 e. The monoisotopic (exact) mass is 402 g/mol. The number of allylic oxidation sites excluding steroid dienone is 2. The summed E-state index contributed by atoms with van der Waals surface area (Å²) in [5, 5.41) is 14.1. The maximum Gasteiger partial charge on any atom is 0.191 e.